The third-order valence-corrected chi connectivity index (χ3v) is 5.91. The fourth-order valence-electron chi connectivity index (χ4n) is 4.10. The second kappa shape index (κ2) is 8.90. The van der Waals surface area contributed by atoms with Crippen molar-refractivity contribution in [2.24, 2.45) is 5.73 Å². The zero-order chi connectivity index (χ0) is 23.7. The minimum atomic E-state index is -4.49. The number of alkyl halides is 3. The first-order valence-electron chi connectivity index (χ1n) is 11.0. The SMILES string of the molecule is N[C@H]1CC[C@H](Nc2ccc3ncc(-c4cnc(Nc5ccccc5C(F)(F)F)nc4)n3n2)CC1. The van der Waals surface area contributed by atoms with E-state index in [4.69, 9.17) is 5.73 Å². The number of nitrogens with two attached hydrogens (primary N) is 1. The quantitative estimate of drug-likeness (QED) is 0.392. The molecule has 1 aliphatic carbocycles. The third kappa shape index (κ3) is 4.65. The molecule has 0 spiro atoms. The Kier molecular flexibility index (Phi) is 5.78. The molecular formula is C23H23F3N8. The van der Waals surface area contributed by atoms with Crippen molar-refractivity contribution in [2.75, 3.05) is 10.6 Å². The van der Waals surface area contributed by atoms with Gasteiger partial charge in [-0.15, -0.1) is 5.10 Å². The maximum atomic E-state index is 13.2. The average molecular weight is 468 g/mol. The Balaban J connectivity index is 1.36. The van der Waals surface area contributed by atoms with Crippen LogP contribution < -0.4 is 16.4 Å². The zero-order valence-corrected chi connectivity index (χ0v) is 18.1. The normalized spacial score (nSPS) is 18.7. The Labute approximate surface area is 193 Å². The molecule has 1 aliphatic rings. The number of hydrogen-bond acceptors (Lipinski definition) is 7. The first-order chi connectivity index (χ1) is 16.4. The topological polar surface area (TPSA) is 106 Å². The van der Waals surface area contributed by atoms with Crippen LogP contribution in [0.25, 0.3) is 16.9 Å². The Bertz CT molecular complexity index is 1280. The number of aromatic nitrogens is 5. The van der Waals surface area contributed by atoms with E-state index in [9.17, 15) is 13.2 Å². The van der Waals surface area contributed by atoms with Crippen LogP contribution >= 0.6 is 0 Å². The molecule has 11 heteroatoms. The number of rotatable bonds is 5. The number of hydrogen-bond donors (Lipinski definition) is 3. The van der Waals surface area contributed by atoms with Crippen LogP contribution in [0.5, 0.6) is 0 Å². The molecule has 4 aromatic rings. The van der Waals surface area contributed by atoms with Gasteiger partial charge in [-0.2, -0.15) is 13.2 Å². The zero-order valence-electron chi connectivity index (χ0n) is 18.1. The van der Waals surface area contributed by atoms with Gasteiger partial charge in [0.05, 0.1) is 23.1 Å². The van der Waals surface area contributed by atoms with Gasteiger partial charge in [-0.3, -0.25) is 0 Å². The summed E-state index contributed by atoms with van der Waals surface area (Å²) in [6, 6.07) is 9.56. The van der Waals surface area contributed by atoms with Gasteiger partial charge in [-0.25, -0.2) is 19.5 Å². The van der Waals surface area contributed by atoms with E-state index in [0.29, 0.717) is 22.9 Å². The van der Waals surface area contributed by atoms with E-state index in [0.717, 1.165) is 37.6 Å². The Morgan fingerprint density at radius 1 is 0.912 bits per heavy atom. The van der Waals surface area contributed by atoms with E-state index in [1.165, 1.54) is 30.6 Å². The fraction of sp³-hybridized carbons (Fsp3) is 0.304. The Hall–Kier alpha value is -3.73. The largest absolute Gasteiger partial charge is 0.418 e. The summed E-state index contributed by atoms with van der Waals surface area (Å²) >= 11 is 0. The molecular weight excluding hydrogens is 445 g/mol. The van der Waals surface area contributed by atoms with Gasteiger partial charge < -0.3 is 16.4 Å². The predicted octanol–water partition coefficient (Wildman–Crippen LogP) is 4.63. The first kappa shape index (κ1) is 22.1. The Morgan fingerprint density at radius 2 is 1.65 bits per heavy atom. The molecule has 3 heterocycles. The number of imidazole rings is 1. The predicted molar refractivity (Wildman–Crippen MR) is 123 cm³/mol. The summed E-state index contributed by atoms with van der Waals surface area (Å²) in [6.07, 6.45) is 4.20. The molecule has 4 N–H and O–H groups in total. The first-order valence-corrected chi connectivity index (χ1v) is 11.0. The number of halogens is 3. The molecule has 0 amide bonds. The molecule has 0 unspecified atom stereocenters. The number of para-hydroxylation sites is 1. The van der Waals surface area contributed by atoms with Crippen molar-refractivity contribution < 1.29 is 13.2 Å². The van der Waals surface area contributed by atoms with Gasteiger partial charge in [-0.05, 0) is 49.9 Å². The second-order valence-electron chi connectivity index (χ2n) is 8.35. The van der Waals surface area contributed by atoms with E-state index in [1.54, 1.807) is 10.7 Å². The third-order valence-electron chi connectivity index (χ3n) is 5.91. The number of nitrogens with one attached hydrogen (secondary N) is 2. The van der Waals surface area contributed by atoms with Crippen molar-refractivity contribution in [3.8, 4) is 11.3 Å². The number of nitrogens with zero attached hydrogens (tertiary/aromatic N) is 5. The Morgan fingerprint density at radius 3 is 2.38 bits per heavy atom. The minimum Gasteiger partial charge on any atom is -0.366 e. The van der Waals surface area contributed by atoms with Crippen molar-refractivity contribution in [3.63, 3.8) is 0 Å². The van der Waals surface area contributed by atoms with Crippen molar-refractivity contribution in [1.82, 2.24) is 24.6 Å². The molecule has 0 radical (unpaired) electrons. The van der Waals surface area contributed by atoms with Gasteiger partial charge in [0.25, 0.3) is 0 Å². The van der Waals surface area contributed by atoms with Crippen LogP contribution in [-0.4, -0.2) is 36.6 Å². The van der Waals surface area contributed by atoms with Gasteiger partial charge in [0.1, 0.15) is 5.82 Å². The van der Waals surface area contributed by atoms with Crippen LogP contribution in [0.4, 0.5) is 30.6 Å². The van der Waals surface area contributed by atoms with E-state index < -0.39 is 11.7 Å². The number of fused-ring (bicyclic) bond motifs is 1. The molecule has 176 valence electrons. The van der Waals surface area contributed by atoms with Gasteiger partial charge in [0.15, 0.2) is 5.65 Å². The number of anilines is 3. The summed E-state index contributed by atoms with van der Waals surface area (Å²) in [4.78, 5) is 12.8. The summed E-state index contributed by atoms with van der Waals surface area (Å²) in [5, 5.41) is 10.8. The van der Waals surface area contributed by atoms with Gasteiger partial charge in [0.2, 0.25) is 5.95 Å². The van der Waals surface area contributed by atoms with E-state index in [1.807, 2.05) is 12.1 Å². The average Bonchev–Trinajstić information content (AvgIpc) is 3.24. The van der Waals surface area contributed by atoms with E-state index >= 15 is 0 Å². The monoisotopic (exact) mass is 468 g/mol. The lowest BCUT2D eigenvalue weighted by Crippen LogP contribution is -2.33. The minimum absolute atomic E-state index is 0.0556. The highest BCUT2D eigenvalue weighted by Gasteiger charge is 2.33. The van der Waals surface area contributed by atoms with Crippen molar-refractivity contribution in [1.29, 1.82) is 0 Å². The summed E-state index contributed by atoms with van der Waals surface area (Å²) in [5.74, 6) is 0.787. The maximum absolute atomic E-state index is 13.2. The molecule has 5 rings (SSSR count). The van der Waals surface area contributed by atoms with Crippen LogP contribution in [0.15, 0.2) is 55.0 Å². The summed E-state index contributed by atoms with van der Waals surface area (Å²) in [6.45, 7) is 0. The molecule has 3 aromatic heterocycles. The lowest BCUT2D eigenvalue weighted by Gasteiger charge is -2.27. The molecule has 34 heavy (non-hydrogen) atoms. The van der Waals surface area contributed by atoms with Crippen LogP contribution in [-0.2, 0) is 6.18 Å². The van der Waals surface area contributed by atoms with Crippen LogP contribution in [0.1, 0.15) is 31.2 Å². The smallest absolute Gasteiger partial charge is 0.366 e. The molecule has 0 bridgehead atoms. The van der Waals surface area contributed by atoms with Crippen LogP contribution in [0.2, 0.25) is 0 Å². The molecule has 1 fully saturated rings. The summed E-state index contributed by atoms with van der Waals surface area (Å²) in [5.41, 5.74) is 7.06. The van der Waals surface area contributed by atoms with Gasteiger partial charge in [0, 0.05) is 30.0 Å². The van der Waals surface area contributed by atoms with Crippen molar-refractivity contribution in [2.45, 2.75) is 43.9 Å². The summed E-state index contributed by atoms with van der Waals surface area (Å²) < 4.78 is 41.4. The van der Waals surface area contributed by atoms with E-state index in [-0.39, 0.29) is 17.7 Å². The molecule has 0 saturated heterocycles. The summed E-state index contributed by atoms with van der Waals surface area (Å²) in [7, 11) is 0. The van der Waals surface area contributed by atoms with Crippen LogP contribution in [0.3, 0.4) is 0 Å². The highest BCUT2D eigenvalue weighted by molar-refractivity contribution is 5.64. The second-order valence-corrected chi connectivity index (χ2v) is 8.35. The van der Waals surface area contributed by atoms with Crippen molar-refractivity contribution >= 4 is 23.1 Å². The standard InChI is InChI=1S/C23H23F3N8/c24-23(25,26)17-3-1-2-4-18(17)32-22-29-11-14(12-30-22)19-13-28-21-10-9-20(33-34(19)21)31-16-7-5-15(27)6-8-16/h1-4,9-13,15-16H,5-8,27H2,(H,31,33)(H,29,30,32)/t15-,16-. The highest BCUT2D eigenvalue weighted by Crippen LogP contribution is 2.35. The maximum Gasteiger partial charge on any atom is 0.418 e. The lowest BCUT2D eigenvalue weighted by atomic mass is 9.92. The lowest BCUT2D eigenvalue weighted by molar-refractivity contribution is -0.136. The van der Waals surface area contributed by atoms with Crippen molar-refractivity contribution in [3.05, 3.63) is 60.6 Å². The van der Waals surface area contributed by atoms with Gasteiger partial charge in [-0.1, -0.05) is 12.1 Å². The fourth-order valence-corrected chi connectivity index (χ4v) is 4.10. The van der Waals surface area contributed by atoms with Crippen LogP contribution in [0, 0.1) is 0 Å². The molecule has 8 nitrogen and oxygen atoms in total. The molecule has 0 aliphatic heterocycles. The molecule has 0 atom stereocenters. The molecule has 1 saturated carbocycles. The number of benzene rings is 1. The van der Waals surface area contributed by atoms with Gasteiger partial charge >= 0.3 is 6.18 Å². The molecule has 1 aromatic carbocycles. The highest BCUT2D eigenvalue weighted by atomic mass is 19.4. The van der Waals surface area contributed by atoms with E-state index in [2.05, 4.69) is 30.7 Å².